The lowest BCUT2D eigenvalue weighted by molar-refractivity contribution is -0.384. The molecule has 0 amide bonds. The van der Waals surface area contributed by atoms with E-state index in [0.29, 0.717) is 5.56 Å². The maximum Gasteiger partial charge on any atom is 0.340 e. The normalized spacial score (nSPS) is 17.2. The van der Waals surface area contributed by atoms with Crippen LogP contribution in [0.2, 0.25) is 0 Å². The van der Waals surface area contributed by atoms with Gasteiger partial charge < -0.3 is 19.5 Å². The van der Waals surface area contributed by atoms with E-state index >= 15 is 0 Å². The van der Waals surface area contributed by atoms with E-state index in [1.165, 1.54) is 44.6 Å². The molecule has 150 valence electrons. The van der Waals surface area contributed by atoms with Gasteiger partial charge in [-0.15, -0.1) is 0 Å². The molecule has 2 atom stereocenters. The van der Waals surface area contributed by atoms with Gasteiger partial charge in [0.25, 0.3) is 5.69 Å². The third-order valence-corrected chi connectivity index (χ3v) is 4.54. The molecule has 0 bridgehead atoms. The zero-order valence-electron chi connectivity index (χ0n) is 15.7. The molecule has 0 aromatic heterocycles. The van der Waals surface area contributed by atoms with Crippen LogP contribution in [0, 0.1) is 10.1 Å². The van der Waals surface area contributed by atoms with Crippen molar-refractivity contribution in [3.8, 4) is 5.75 Å². The molecule has 0 unspecified atom stereocenters. The van der Waals surface area contributed by atoms with Crippen LogP contribution in [0.25, 0.3) is 0 Å². The van der Waals surface area contributed by atoms with E-state index in [9.17, 15) is 19.7 Å². The van der Waals surface area contributed by atoms with E-state index in [0.717, 1.165) is 0 Å². The maximum absolute atomic E-state index is 13.0. The van der Waals surface area contributed by atoms with E-state index in [-0.39, 0.29) is 17.1 Å². The van der Waals surface area contributed by atoms with Gasteiger partial charge in [-0.25, -0.2) is 9.59 Å². The summed E-state index contributed by atoms with van der Waals surface area (Å²) in [7, 11) is 2.57. The van der Waals surface area contributed by atoms with E-state index in [1.807, 2.05) is 0 Å². The Hall–Kier alpha value is -3.88. The highest BCUT2D eigenvalue weighted by Crippen LogP contribution is 2.39. The van der Waals surface area contributed by atoms with Crippen LogP contribution in [0.1, 0.15) is 5.56 Å². The topological polar surface area (TPSA) is 117 Å². The second-order valence-electron chi connectivity index (χ2n) is 6.15. The summed E-state index contributed by atoms with van der Waals surface area (Å²) in [5.41, 5.74) is -1.08. The fourth-order valence-electron chi connectivity index (χ4n) is 3.17. The lowest BCUT2D eigenvalue weighted by Gasteiger charge is -2.36. The third-order valence-electron chi connectivity index (χ3n) is 4.54. The number of carbonyl (C=O) groups is 2. The highest BCUT2D eigenvalue weighted by molar-refractivity contribution is 5.92. The first-order valence-corrected chi connectivity index (χ1v) is 8.55. The lowest BCUT2D eigenvalue weighted by Crippen LogP contribution is -2.53. The highest BCUT2D eigenvalue weighted by Gasteiger charge is 2.51. The average molecular weight is 398 g/mol. The van der Waals surface area contributed by atoms with E-state index in [1.54, 1.807) is 30.3 Å². The Balaban J connectivity index is 2.18. The fourth-order valence-corrected chi connectivity index (χ4v) is 3.17. The van der Waals surface area contributed by atoms with Crippen LogP contribution in [-0.2, 0) is 24.6 Å². The number of carbonyl (C=O) groups excluding carboxylic acids is 2. The molecule has 9 nitrogen and oxygen atoms in total. The van der Waals surface area contributed by atoms with Crippen LogP contribution in [-0.4, -0.2) is 37.2 Å². The predicted molar refractivity (Wildman–Crippen MR) is 102 cm³/mol. The molecule has 9 heteroatoms. The first kappa shape index (κ1) is 19.9. The minimum absolute atomic E-state index is 0.136. The van der Waals surface area contributed by atoms with Gasteiger partial charge in [0.1, 0.15) is 5.75 Å². The number of anilines is 1. The molecule has 0 saturated carbocycles. The summed E-state index contributed by atoms with van der Waals surface area (Å²) in [6.07, 6.45) is 1.65. The van der Waals surface area contributed by atoms with Gasteiger partial charge in [-0.1, -0.05) is 30.3 Å². The van der Waals surface area contributed by atoms with Crippen molar-refractivity contribution in [2.24, 2.45) is 0 Å². The number of nitrogens with zero attached hydrogens (tertiary/aromatic N) is 1. The van der Waals surface area contributed by atoms with Crippen molar-refractivity contribution in [3.05, 3.63) is 76.4 Å². The molecule has 1 aliphatic heterocycles. The van der Waals surface area contributed by atoms with Crippen molar-refractivity contribution in [2.75, 3.05) is 19.5 Å². The number of methoxy groups -OCH3 is 2. The average Bonchev–Trinajstić information content (AvgIpc) is 3.18. The van der Waals surface area contributed by atoms with Crippen molar-refractivity contribution >= 4 is 23.3 Å². The summed E-state index contributed by atoms with van der Waals surface area (Å²) in [5, 5.41) is 14.1. The standard InChI is InChI=1S/C20H18N2O7/c1-27-16-12-14(22(25)26)8-9-15(16)21-20(19(24)28-2,13-6-4-3-5-7-13)17-10-11-18(23)29-17/h3-12,17,21H,1-2H3/t17-,20+/m1/s1. The molecule has 2 aromatic carbocycles. The number of hydrogen-bond donors (Lipinski definition) is 1. The van der Waals surface area contributed by atoms with Gasteiger partial charge in [0.05, 0.1) is 30.9 Å². The predicted octanol–water partition coefficient (Wildman–Crippen LogP) is 2.57. The summed E-state index contributed by atoms with van der Waals surface area (Å²) in [4.78, 5) is 35.3. The minimum atomic E-state index is -1.65. The number of nitrogens with one attached hydrogen (secondary N) is 1. The molecular weight excluding hydrogens is 380 g/mol. The highest BCUT2D eigenvalue weighted by atomic mass is 16.6. The Kier molecular flexibility index (Phi) is 5.49. The van der Waals surface area contributed by atoms with Crippen LogP contribution in [0.5, 0.6) is 5.75 Å². The molecule has 2 aromatic rings. The molecule has 0 aliphatic carbocycles. The Morgan fingerprint density at radius 1 is 1.21 bits per heavy atom. The number of nitro benzene ring substituents is 1. The monoisotopic (exact) mass is 398 g/mol. The molecule has 0 radical (unpaired) electrons. The number of ether oxygens (including phenoxy) is 3. The molecular formula is C20H18N2O7. The zero-order valence-corrected chi connectivity index (χ0v) is 15.7. The summed E-state index contributed by atoms with van der Waals surface area (Å²) < 4.78 is 15.7. The van der Waals surface area contributed by atoms with Crippen molar-refractivity contribution < 1.29 is 28.7 Å². The second kappa shape index (κ2) is 8.01. The van der Waals surface area contributed by atoms with Gasteiger partial charge in [-0.05, 0) is 17.7 Å². The number of cyclic esters (lactones) is 1. The van der Waals surface area contributed by atoms with Gasteiger partial charge >= 0.3 is 11.9 Å². The van der Waals surface area contributed by atoms with Crippen LogP contribution >= 0.6 is 0 Å². The SMILES string of the molecule is COC(=O)[C@](Nc1ccc([N+](=O)[O-])cc1OC)(c1ccccc1)[C@H]1C=CC(=O)O1. The maximum atomic E-state index is 13.0. The fraction of sp³-hybridized carbons (Fsp3) is 0.200. The van der Waals surface area contributed by atoms with Gasteiger partial charge in [-0.3, -0.25) is 10.1 Å². The second-order valence-corrected chi connectivity index (χ2v) is 6.15. The Morgan fingerprint density at radius 2 is 1.93 bits per heavy atom. The van der Waals surface area contributed by atoms with E-state index in [2.05, 4.69) is 5.32 Å². The van der Waals surface area contributed by atoms with Crippen molar-refractivity contribution in [3.63, 3.8) is 0 Å². The van der Waals surface area contributed by atoms with Crippen LogP contribution in [0.3, 0.4) is 0 Å². The van der Waals surface area contributed by atoms with Gasteiger partial charge in [0, 0.05) is 12.1 Å². The molecule has 0 spiro atoms. The van der Waals surface area contributed by atoms with Gasteiger partial charge in [-0.2, -0.15) is 0 Å². The zero-order chi connectivity index (χ0) is 21.0. The summed E-state index contributed by atoms with van der Waals surface area (Å²) in [6.45, 7) is 0. The van der Waals surface area contributed by atoms with Crippen molar-refractivity contribution in [2.45, 2.75) is 11.6 Å². The molecule has 29 heavy (non-hydrogen) atoms. The number of nitro groups is 1. The lowest BCUT2D eigenvalue weighted by atomic mass is 9.83. The Labute approximate surface area is 166 Å². The van der Waals surface area contributed by atoms with Gasteiger partial charge in [0.2, 0.25) is 5.54 Å². The summed E-state index contributed by atoms with van der Waals surface area (Å²) >= 11 is 0. The summed E-state index contributed by atoms with van der Waals surface area (Å²) in [6, 6.07) is 12.5. The largest absolute Gasteiger partial charge is 0.494 e. The molecule has 1 heterocycles. The quantitative estimate of drug-likeness (QED) is 0.430. The van der Waals surface area contributed by atoms with Crippen LogP contribution < -0.4 is 10.1 Å². The van der Waals surface area contributed by atoms with Crippen molar-refractivity contribution in [1.82, 2.24) is 0 Å². The Morgan fingerprint density at radius 3 is 2.48 bits per heavy atom. The number of hydrogen-bond acceptors (Lipinski definition) is 8. The molecule has 0 saturated heterocycles. The molecule has 1 N–H and O–H groups in total. The number of benzene rings is 2. The van der Waals surface area contributed by atoms with Crippen LogP contribution in [0.4, 0.5) is 11.4 Å². The van der Waals surface area contributed by atoms with Crippen molar-refractivity contribution in [1.29, 1.82) is 0 Å². The van der Waals surface area contributed by atoms with Gasteiger partial charge in [0.15, 0.2) is 6.10 Å². The minimum Gasteiger partial charge on any atom is -0.494 e. The van der Waals surface area contributed by atoms with E-state index < -0.39 is 28.5 Å². The Bertz CT molecular complexity index is 974. The molecule has 3 rings (SSSR count). The van der Waals surface area contributed by atoms with E-state index in [4.69, 9.17) is 14.2 Å². The first-order chi connectivity index (χ1) is 13.9. The number of non-ortho nitro benzene ring substituents is 1. The molecule has 0 fully saturated rings. The third kappa shape index (κ3) is 3.62. The van der Waals surface area contributed by atoms with Crippen LogP contribution in [0.15, 0.2) is 60.7 Å². The number of rotatable bonds is 7. The number of esters is 2. The molecule has 1 aliphatic rings. The smallest absolute Gasteiger partial charge is 0.340 e. The summed E-state index contributed by atoms with van der Waals surface area (Å²) in [5.74, 6) is -1.18. The first-order valence-electron chi connectivity index (χ1n) is 8.55.